The van der Waals surface area contributed by atoms with Crippen LogP contribution in [0.2, 0.25) is 0 Å². The molecule has 0 saturated heterocycles. The van der Waals surface area contributed by atoms with Gasteiger partial charge in [-0.15, -0.1) is 0 Å². The number of esters is 2. The van der Waals surface area contributed by atoms with E-state index in [0.717, 1.165) is 17.7 Å². The van der Waals surface area contributed by atoms with E-state index in [9.17, 15) is 9.59 Å². The summed E-state index contributed by atoms with van der Waals surface area (Å²) >= 11 is 1.51. The summed E-state index contributed by atoms with van der Waals surface area (Å²) in [4.78, 5) is 29.8. The largest absolute Gasteiger partial charge is 0.466 e. The summed E-state index contributed by atoms with van der Waals surface area (Å²) in [6.45, 7) is 4.49. The minimum Gasteiger partial charge on any atom is -0.466 e. The summed E-state index contributed by atoms with van der Waals surface area (Å²) in [6, 6.07) is 10.1. The van der Waals surface area contributed by atoms with Crippen molar-refractivity contribution in [3.8, 4) is 0 Å². The number of thiophene rings is 1. The van der Waals surface area contributed by atoms with Crippen molar-refractivity contribution >= 4 is 29.4 Å². The molecule has 180 valence electrons. The number of benzene rings is 1. The highest BCUT2D eigenvalue weighted by molar-refractivity contribution is 7.08. The summed E-state index contributed by atoms with van der Waals surface area (Å²) < 4.78 is 12.6. The summed E-state index contributed by atoms with van der Waals surface area (Å²) in [5.74, 6) is -1.49. The molecule has 3 heterocycles. The number of allylic oxidation sites excluding steroid dienone is 2. The molecule has 1 aliphatic heterocycles. The topological polar surface area (TPSA) is 82.5 Å². The minimum absolute atomic E-state index is 0.110. The minimum atomic E-state index is -0.547. The smallest absolute Gasteiger partial charge is 0.337 e. The van der Waals surface area contributed by atoms with E-state index in [0.29, 0.717) is 22.5 Å². The Bertz CT molecular complexity index is 1270. The Morgan fingerprint density at radius 1 is 1.11 bits per heavy atom. The molecule has 0 radical (unpaired) electrons. The summed E-state index contributed by atoms with van der Waals surface area (Å²) in [7, 11) is 1.34. The molecule has 0 spiro atoms. The fourth-order valence-electron chi connectivity index (χ4n) is 4.13. The molecule has 7 nitrogen and oxygen atoms in total. The lowest BCUT2D eigenvalue weighted by Crippen LogP contribution is -2.32. The van der Waals surface area contributed by atoms with E-state index in [1.807, 2.05) is 52.7 Å². The van der Waals surface area contributed by atoms with Gasteiger partial charge in [-0.05, 0) is 53.4 Å². The van der Waals surface area contributed by atoms with Crippen molar-refractivity contribution in [2.24, 2.45) is 0 Å². The first-order chi connectivity index (χ1) is 17.0. The van der Waals surface area contributed by atoms with Gasteiger partial charge in [0.25, 0.3) is 0 Å². The van der Waals surface area contributed by atoms with Crippen molar-refractivity contribution < 1.29 is 19.1 Å². The Labute approximate surface area is 208 Å². The maximum atomic E-state index is 13.2. The molecular formula is C27H27N3O4S. The van der Waals surface area contributed by atoms with Crippen molar-refractivity contribution in [2.45, 2.75) is 26.3 Å². The van der Waals surface area contributed by atoms with Crippen LogP contribution in [0.3, 0.4) is 0 Å². The molecule has 0 amide bonds. The number of ether oxygens (including phenoxy) is 2. The molecule has 4 rings (SSSR count). The van der Waals surface area contributed by atoms with E-state index >= 15 is 0 Å². The normalized spacial score (nSPS) is 15.9. The lowest BCUT2D eigenvalue weighted by atomic mass is 9.81. The number of aromatic nitrogens is 2. The zero-order valence-corrected chi connectivity index (χ0v) is 20.7. The van der Waals surface area contributed by atoms with Gasteiger partial charge >= 0.3 is 11.9 Å². The maximum absolute atomic E-state index is 13.2. The molecule has 0 fully saturated rings. The number of carbonyl (C=O) groups is 2. The predicted octanol–water partition coefficient (Wildman–Crippen LogP) is 4.66. The van der Waals surface area contributed by atoms with Gasteiger partial charge in [0.05, 0.1) is 30.5 Å². The second-order valence-corrected chi connectivity index (χ2v) is 8.94. The average molecular weight is 490 g/mol. The van der Waals surface area contributed by atoms with Gasteiger partial charge in [-0.1, -0.05) is 30.3 Å². The Balaban J connectivity index is 1.43. The Hall–Kier alpha value is -3.91. The van der Waals surface area contributed by atoms with Crippen LogP contribution in [-0.4, -0.2) is 35.2 Å². The molecule has 2 aromatic heterocycles. The van der Waals surface area contributed by atoms with Crippen molar-refractivity contribution in [3.05, 3.63) is 105 Å². The second-order valence-electron chi connectivity index (χ2n) is 8.16. The number of rotatable bonds is 8. The van der Waals surface area contributed by atoms with E-state index < -0.39 is 17.9 Å². The van der Waals surface area contributed by atoms with E-state index in [1.165, 1.54) is 24.0 Å². The molecule has 35 heavy (non-hydrogen) atoms. The Kier molecular flexibility index (Phi) is 7.62. The van der Waals surface area contributed by atoms with Gasteiger partial charge in [-0.3, -0.25) is 0 Å². The summed E-state index contributed by atoms with van der Waals surface area (Å²) in [5, 5.41) is 7.00. The van der Waals surface area contributed by atoms with Gasteiger partial charge in [0.1, 0.15) is 6.61 Å². The van der Waals surface area contributed by atoms with E-state index in [2.05, 4.69) is 22.4 Å². The SMILES string of the molecule is COC(=O)C1=C(C)NC(C)=C(C(=O)OCC=Cc2ccc(Cn3ccnc3)cc2)C1c1ccsc1. The number of nitrogens with zero attached hydrogens (tertiary/aromatic N) is 2. The van der Waals surface area contributed by atoms with Crippen molar-refractivity contribution in [3.63, 3.8) is 0 Å². The molecule has 1 aromatic carbocycles. The Morgan fingerprint density at radius 3 is 2.49 bits per heavy atom. The summed E-state index contributed by atoms with van der Waals surface area (Å²) in [5.41, 5.74) is 5.18. The number of methoxy groups -OCH3 is 1. The van der Waals surface area contributed by atoms with E-state index in [-0.39, 0.29) is 6.61 Å². The molecule has 1 aliphatic rings. The first-order valence-corrected chi connectivity index (χ1v) is 12.1. The first-order valence-electron chi connectivity index (χ1n) is 11.1. The molecule has 0 bridgehead atoms. The monoisotopic (exact) mass is 489 g/mol. The number of imidazole rings is 1. The number of hydrogen-bond donors (Lipinski definition) is 1. The third-order valence-electron chi connectivity index (χ3n) is 5.79. The van der Waals surface area contributed by atoms with Gasteiger partial charge in [0.15, 0.2) is 0 Å². The van der Waals surface area contributed by atoms with Crippen LogP contribution in [0.4, 0.5) is 0 Å². The van der Waals surface area contributed by atoms with Crippen LogP contribution >= 0.6 is 11.3 Å². The standard InChI is InChI=1S/C27H27N3O4S/c1-18-23(26(31)33-3)25(22-10-14-35-16-22)24(19(2)29-18)27(32)34-13-4-5-20-6-8-21(9-7-20)15-30-12-11-28-17-30/h4-12,14,16-17,25,29H,13,15H2,1-3H3. The number of carbonyl (C=O) groups excluding carboxylic acids is 2. The van der Waals surface area contributed by atoms with Gasteiger partial charge in [-0.25, -0.2) is 14.6 Å². The number of hydrogen-bond acceptors (Lipinski definition) is 7. The zero-order valence-electron chi connectivity index (χ0n) is 19.9. The molecule has 8 heteroatoms. The van der Waals surface area contributed by atoms with Crippen LogP contribution in [0, 0.1) is 0 Å². The highest BCUT2D eigenvalue weighted by Crippen LogP contribution is 2.39. The van der Waals surface area contributed by atoms with Crippen LogP contribution in [0.5, 0.6) is 0 Å². The van der Waals surface area contributed by atoms with Crippen LogP contribution in [-0.2, 0) is 25.6 Å². The van der Waals surface area contributed by atoms with Crippen LogP contribution in [0.1, 0.15) is 36.5 Å². The predicted molar refractivity (Wildman–Crippen MR) is 135 cm³/mol. The van der Waals surface area contributed by atoms with Crippen LogP contribution < -0.4 is 5.32 Å². The van der Waals surface area contributed by atoms with Crippen molar-refractivity contribution in [1.29, 1.82) is 0 Å². The third kappa shape index (κ3) is 5.60. The van der Waals surface area contributed by atoms with Crippen LogP contribution in [0.15, 0.2) is 88.4 Å². The number of nitrogens with one attached hydrogen (secondary N) is 1. The molecule has 0 saturated carbocycles. The highest BCUT2D eigenvalue weighted by atomic mass is 32.1. The lowest BCUT2D eigenvalue weighted by Gasteiger charge is -2.29. The van der Waals surface area contributed by atoms with Gasteiger partial charge in [-0.2, -0.15) is 11.3 Å². The molecule has 3 aromatic rings. The lowest BCUT2D eigenvalue weighted by molar-refractivity contribution is -0.138. The third-order valence-corrected chi connectivity index (χ3v) is 6.49. The fraction of sp³-hybridized carbons (Fsp3) is 0.222. The average Bonchev–Trinajstić information content (AvgIpc) is 3.56. The quantitative estimate of drug-likeness (QED) is 0.464. The molecule has 1 unspecified atom stereocenters. The number of dihydropyridines is 1. The summed E-state index contributed by atoms with van der Waals surface area (Å²) in [6.07, 6.45) is 9.19. The maximum Gasteiger partial charge on any atom is 0.337 e. The van der Waals surface area contributed by atoms with Crippen LogP contribution in [0.25, 0.3) is 6.08 Å². The van der Waals surface area contributed by atoms with E-state index in [4.69, 9.17) is 9.47 Å². The Morgan fingerprint density at radius 2 is 1.86 bits per heavy atom. The molecule has 1 N–H and O–H groups in total. The first kappa shape index (κ1) is 24.2. The van der Waals surface area contributed by atoms with Crippen molar-refractivity contribution in [2.75, 3.05) is 13.7 Å². The zero-order chi connectivity index (χ0) is 24.8. The second kappa shape index (κ2) is 11.0. The fourth-order valence-corrected chi connectivity index (χ4v) is 4.81. The van der Waals surface area contributed by atoms with Crippen molar-refractivity contribution in [1.82, 2.24) is 14.9 Å². The molecule has 1 atom stereocenters. The van der Waals surface area contributed by atoms with E-state index in [1.54, 1.807) is 25.5 Å². The highest BCUT2D eigenvalue weighted by Gasteiger charge is 2.37. The van der Waals surface area contributed by atoms with Gasteiger partial charge in [0.2, 0.25) is 0 Å². The van der Waals surface area contributed by atoms with Gasteiger partial charge < -0.3 is 19.4 Å². The molecule has 0 aliphatic carbocycles. The molecular weight excluding hydrogens is 462 g/mol. The van der Waals surface area contributed by atoms with Gasteiger partial charge in [0, 0.05) is 30.3 Å².